The quantitative estimate of drug-likeness (QED) is 0.417. The van der Waals surface area contributed by atoms with Crippen molar-refractivity contribution in [2.45, 2.75) is 59.1 Å². The number of amides is 3. The SMILES string of the molecule is Cc1ccc(Nc2nc(N)nc(COC(=O)CN3C(=O)NC4(CC(C)CC(C)(C)C4)C3=O)n2)cc1. The van der Waals surface area contributed by atoms with E-state index in [0.29, 0.717) is 12.8 Å². The number of benzene rings is 1. The minimum atomic E-state index is -0.974. The molecule has 11 nitrogen and oxygen atoms in total. The molecular formula is C24H31N7O4. The van der Waals surface area contributed by atoms with Crippen LogP contribution in [0.2, 0.25) is 0 Å². The van der Waals surface area contributed by atoms with Crippen molar-refractivity contribution >= 4 is 35.5 Å². The van der Waals surface area contributed by atoms with Crippen LogP contribution in [0.25, 0.3) is 0 Å². The molecule has 0 radical (unpaired) electrons. The van der Waals surface area contributed by atoms with E-state index in [2.05, 4.69) is 46.4 Å². The van der Waals surface area contributed by atoms with E-state index in [-0.39, 0.29) is 41.6 Å². The van der Waals surface area contributed by atoms with Gasteiger partial charge in [0.2, 0.25) is 11.9 Å². The predicted octanol–water partition coefficient (Wildman–Crippen LogP) is 2.69. The lowest BCUT2D eigenvalue weighted by Crippen LogP contribution is -2.54. The number of nitrogens with two attached hydrogens (primary N) is 1. The summed E-state index contributed by atoms with van der Waals surface area (Å²) in [5.74, 6) is -0.555. The molecule has 4 rings (SSSR count). The molecule has 2 heterocycles. The second-order valence-corrected chi connectivity index (χ2v) is 10.3. The Kier molecular flexibility index (Phi) is 6.35. The van der Waals surface area contributed by atoms with E-state index in [9.17, 15) is 14.4 Å². The smallest absolute Gasteiger partial charge is 0.326 e. The normalized spacial score (nSPS) is 23.3. The first-order chi connectivity index (χ1) is 16.4. The fraction of sp³-hybridized carbons (Fsp3) is 0.500. The fourth-order valence-electron chi connectivity index (χ4n) is 5.29. The number of hydrogen-bond acceptors (Lipinski definition) is 9. The number of esters is 1. The Bertz CT molecular complexity index is 1150. The van der Waals surface area contributed by atoms with E-state index >= 15 is 0 Å². The molecule has 186 valence electrons. The molecule has 1 saturated carbocycles. The Balaban J connectivity index is 1.38. The predicted molar refractivity (Wildman–Crippen MR) is 128 cm³/mol. The highest BCUT2D eigenvalue weighted by atomic mass is 16.5. The Labute approximate surface area is 203 Å². The molecule has 2 atom stereocenters. The molecule has 35 heavy (non-hydrogen) atoms. The molecule has 11 heteroatoms. The van der Waals surface area contributed by atoms with Gasteiger partial charge in [0.15, 0.2) is 12.4 Å². The topological polar surface area (TPSA) is 152 Å². The first-order valence-corrected chi connectivity index (χ1v) is 11.6. The second-order valence-electron chi connectivity index (χ2n) is 10.3. The van der Waals surface area contributed by atoms with Crippen LogP contribution in [0.4, 0.5) is 22.4 Å². The Morgan fingerprint density at radius 3 is 2.60 bits per heavy atom. The average Bonchev–Trinajstić information content (AvgIpc) is 2.95. The monoisotopic (exact) mass is 481 g/mol. The summed E-state index contributed by atoms with van der Waals surface area (Å²) < 4.78 is 5.25. The van der Waals surface area contributed by atoms with Crippen molar-refractivity contribution in [3.05, 3.63) is 35.7 Å². The van der Waals surface area contributed by atoms with Crippen molar-refractivity contribution in [1.82, 2.24) is 25.2 Å². The van der Waals surface area contributed by atoms with Crippen molar-refractivity contribution in [3.8, 4) is 0 Å². The molecule has 1 aromatic heterocycles. The maximum Gasteiger partial charge on any atom is 0.326 e. The van der Waals surface area contributed by atoms with Crippen molar-refractivity contribution in [2.75, 3.05) is 17.6 Å². The van der Waals surface area contributed by atoms with Gasteiger partial charge in [-0.3, -0.25) is 14.5 Å². The zero-order chi connectivity index (χ0) is 25.4. The number of nitrogen functional groups attached to an aromatic ring is 1. The third-order valence-corrected chi connectivity index (χ3v) is 6.28. The van der Waals surface area contributed by atoms with Crippen molar-refractivity contribution in [1.29, 1.82) is 0 Å². The van der Waals surface area contributed by atoms with Crippen LogP contribution in [0.5, 0.6) is 0 Å². The first-order valence-electron chi connectivity index (χ1n) is 11.6. The van der Waals surface area contributed by atoms with Crippen LogP contribution in [0, 0.1) is 18.3 Å². The van der Waals surface area contributed by atoms with Gasteiger partial charge in [-0.2, -0.15) is 15.0 Å². The summed E-state index contributed by atoms with van der Waals surface area (Å²) in [5, 5.41) is 5.87. The number of ether oxygens (including phenoxy) is 1. The molecule has 1 spiro atoms. The van der Waals surface area contributed by atoms with Crippen molar-refractivity contribution in [3.63, 3.8) is 0 Å². The molecular weight excluding hydrogens is 450 g/mol. The van der Waals surface area contributed by atoms with E-state index in [4.69, 9.17) is 10.5 Å². The summed E-state index contributed by atoms with van der Waals surface area (Å²) >= 11 is 0. The van der Waals surface area contributed by atoms with Gasteiger partial charge in [-0.05, 0) is 49.7 Å². The van der Waals surface area contributed by atoms with Gasteiger partial charge >= 0.3 is 12.0 Å². The van der Waals surface area contributed by atoms with Crippen LogP contribution in [0.3, 0.4) is 0 Å². The second kappa shape index (κ2) is 9.12. The van der Waals surface area contributed by atoms with Crippen LogP contribution in [0.1, 0.15) is 51.4 Å². The van der Waals surface area contributed by atoms with Gasteiger partial charge in [-0.1, -0.05) is 38.5 Å². The number of carbonyl (C=O) groups is 3. The number of carbonyl (C=O) groups excluding carboxylic acids is 3. The number of imide groups is 1. The molecule has 1 aliphatic heterocycles. The van der Waals surface area contributed by atoms with Crippen LogP contribution < -0.4 is 16.4 Å². The largest absolute Gasteiger partial charge is 0.456 e. The maximum atomic E-state index is 13.2. The van der Waals surface area contributed by atoms with Gasteiger partial charge in [0.1, 0.15) is 12.1 Å². The van der Waals surface area contributed by atoms with Crippen molar-refractivity contribution < 1.29 is 19.1 Å². The molecule has 2 aromatic rings. The van der Waals surface area contributed by atoms with Crippen LogP contribution in [-0.4, -0.2) is 49.8 Å². The van der Waals surface area contributed by atoms with E-state index in [0.717, 1.165) is 22.6 Å². The minimum absolute atomic E-state index is 0.0364. The summed E-state index contributed by atoms with van der Waals surface area (Å²) in [5.41, 5.74) is 6.57. The van der Waals surface area contributed by atoms with Crippen LogP contribution >= 0.6 is 0 Å². The Morgan fingerprint density at radius 1 is 1.20 bits per heavy atom. The lowest BCUT2D eigenvalue weighted by molar-refractivity contribution is -0.149. The third kappa shape index (κ3) is 5.50. The lowest BCUT2D eigenvalue weighted by Gasteiger charge is -2.43. The maximum absolute atomic E-state index is 13.2. The Morgan fingerprint density at radius 2 is 1.91 bits per heavy atom. The highest BCUT2D eigenvalue weighted by Gasteiger charge is 2.56. The number of anilines is 3. The zero-order valence-electron chi connectivity index (χ0n) is 20.4. The summed E-state index contributed by atoms with van der Waals surface area (Å²) in [4.78, 5) is 51.5. The summed E-state index contributed by atoms with van der Waals surface area (Å²) in [6, 6.07) is 7.03. The number of aromatic nitrogens is 3. The number of aryl methyl sites for hydroxylation is 1. The van der Waals surface area contributed by atoms with Gasteiger partial charge in [0, 0.05) is 5.69 Å². The number of hydrogen-bond donors (Lipinski definition) is 3. The van der Waals surface area contributed by atoms with Gasteiger partial charge in [-0.15, -0.1) is 0 Å². The van der Waals surface area contributed by atoms with Gasteiger partial charge < -0.3 is 21.1 Å². The van der Waals surface area contributed by atoms with E-state index in [1.54, 1.807) is 0 Å². The van der Waals surface area contributed by atoms with E-state index < -0.39 is 24.1 Å². The molecule has 2 unspecified atom stereocenters. The third-order valence-electron chi connectivity index (χ3n) is 6.28. The lowest BCUT2D eigenvalue weighted by atomic mass is 9.64. The zero-order valence-corrected chi connectivity index (χ0v) is 20.4. The molecule has 1 saturated heterocycles. The molecule has 3 amide bonds. The number of rotatable bonds is 6. The number of nitrogens with zero attached hydrogens (tertiary/aromatic N) is 4. The molecule has 0 bridgehead atoms. The van der Waals surface area contributed by atoms with Gasteiger partial charge in [0.25, 0.3) is 5.91 Å². The minimum Gasteiger partial charge on any atom is -0.456 e. The van der Waals surface area contributed by atoms with Gasteiger partial charge in [0.05, 0.1) is 0 Å². The Hall–Kier alpha value is -3.76. The molecule has 2 fully saturated rings. The summed E-state index contributed by atoms with van der Waals surface area (Å²) in [6.07, 6.45) is 2.05. The standard InChI is InChI=1S/C24H31N7O4/c1-14-5-7-16(8-6-14)26-21-28-17(27-20(25)29-21)12-35-18(32)11-31-19(33)24(30-22(31)34)10-15(2)9-23(3,4)13-24/h5-8,15H,9-13H2,1-4H3,(H,30,34)(H3,25,26,27,28,29). The first kappa shape index (κ1) is 24.4. The molecule has 1 aromatic carbocycles. The molecule has 2 aliphatic rings. The van der Waals surface area contributed by atoms with Crippen LogP contribution in [0.15, 0.2) is 24.3 Å². The fourth-order valence-corrected chi connectivity index (χ4v) is 5.29. The average molecular weight is 482 g/mol. The highest BCUT2D eigenvalue weighted by molar-refractivity contribution is 6.08. The van der Waals surface area contributed by atoms with E-state index in [1.807, 2.05) is 31.2 Å². The van der Waals surface area contributed by atoms with E-state index in [1.165, 1.54) is 0 Å². The summed E-state index contributed by atoms with van der Waals surface area (Å²) in [6.45, 7) is 7.45. The summed E-state index contributed by atoms with van der Waals surface area (Å²) in [7, 11) is 0. The van der Waals surface area contributed by atoms with Crippen LogP contribution in [-0.2, 0) is 20.9 Å². The number of nitrogens with one attached hydrogen (secondary N) is 2. The number of urea groups is 1. The van der Waals surface area contributed by atoms with Gasteiger partial charge in [-0.25, -0.2) is 4.79 Å². The highest BCUT2D eigenvalue weighted by Crippen LogP contribution is 2.46. The molecule has 1 aliphatic carbocycles. The van der Waals surface area contributed by atoms with Crippen molar-refractivity contribution in [2.24, 2.45) is 11.3 Å². The molecule has 4 N–H and O–H groups in total.